The highest BCUT2D eigenvalue weighted by Gasteiger charge is 2.45. The van der Waals surface area contributed by atoms with Gasteiger partial charge in [0.05, 0.1) is 13.2 Å². The number of hydrogen-bond acceptors (Lipinski definition) is 3. The van der Waals surface area contributed by atoms with Gasteiger partial charge in [0, 0.05) is 17.4 Å². The quantitative estimate of drug-likeness (QED) is 0.321. The van der Waals surface area contributed by atoms with Crippen LogP contribution in [-0.4, -0.2) is 32.0 Å². The molecular formula is C27H29F7O3. The SMILES string of the molecule is CCCC1COC(C2CCC(c3ccc(-c4cc(F)c(OC(F)(F)C(F)F)c(F)c4)c(F)c3)CC2)OC1. The van der Waals surface area contributed by atoms with Crippen LogP contribution in [0.5, 0.6) is 5.75 Å². The monoisotopic (exact) mass is 534 g/mol. The summed E-state index contributed by atoms with van der Waals surface area (Å²) in [5.41, 5.74) is 0.308. The molecule has 0 amide bonds. The third-order valence-electron chi connectivity index (χ3n) is 7.11. The molecule has 0 N–H and O–H groups in total. The Morgan fingerprint density at radius 2 is 1.54 bits per heavy atom. The maximum Gasteiger partial charge on any atom is 0.461 e. The lowest BCUT2D eigenvalue weighted by Crippen LogP contribution is -2.38. The zero-order chi connectivity index (χ0) is 26.7. The predicted octanol–water partition coefficient (Wildman–Crippen LogP) is 8.07. The topological polar surface area (TPSA) is 27.7 Å². The van der Waals surface area contributed by atoms with Crippen LogP contribution in [0.3, 0.4) is 0 Å². The van der Waals surface area contributed by atoms with Crippen LogP contribution < -0.4 is 4.74 Å². The summed E-state index contributed by atoms with van der Waals surface area (Å²) in [7, 11) is 0. The molecule has 1 saturated heterocycles. The Morgan fingerprint density at radius 1 is 0.919 bits per heavy atom. The number of halogens is 7. The summed E-state index contributed by atoms with van der Waals surface area (Å²) in [5, 5.41) is 0. The maximum atomic E-state index is 15.0. The summed E-state index contributed by atoms with van der Waals surface area (Å²) in [6.07, 6.45) is -4.09. The summed E-state index contributed by atoms with van der Waals surface area (Å²) in [6, 6.07) is 5.46. The molecule has 0 bridgehead atoms. The predicted molar refractivity (Wildman–Crippen MR) is 122 cm³/mol. The summed E-state index contributed by atoms with van der Waals surface area (Å²) in [4.78, 5) is 0. The van der Waals surface area contributed by atoms with Gasteiger partial charge in [0.25, 0.3) is 0 Å². The highest BCUT2D eigenvalue weighted by Crippen LogP contribution is 2.41. The third-order valence-corrected chi connectivity index (χ3v) is 7.11. The van der Waals surface area contributed by atoms with Crippen molar-refractivity contribution in [2.75, 3.05) is 13.2 Å². The van der Waals surface area contributed by atoms with Crippen LogP contribution in [0.25, 0.3) is 11.1 Å². The van der Waals surface area contributed by atoms with Gasteiger partial charge in [0.1, 0.15) is 5.82 Å². The Balaban J connectivity index is 1.40. The fourth-order valence-electron chi connectivity index (χ4n) is 5.14. The molecule has 0 spiro atoms. The van der Waals surface area contributed by atoms with Gasteiger partial charge in [-0.15, -0.1) is 0 Å². The molecule has 37 heavy (non-hydrogen) atoms. The number of hydrogen-bond donors (Lipinski definition) is 0. The van der Waals surface area contributed by atoms with Crippen LogP contribution in [0.15, 0.2) is 30.3 Å². The average Bonchev–Trinajstić information content (AvgIpc) is 2.87. The highest BCUT2D eigenvalue weighted by atomic mass is 19.3. The minimum Gasteiger partial charge on any atom is -0.422 e. The maximum absolute atomic E-state index is 15.0. The van der Waals surface area contributed by atoms with Crippen LogP contribution >= 0.6 is 0 Å². The van der Waals surface area contributed by atoms with E-state index in [4.69, 9.17) is 9.47 Å². The van der Waals surface area contributed by atoms with E-state index in [1.165, 1.54) is 12.1 Å². The number of alkyl halides is 4. The smallest absolute Gasteiger partial charge is 0.422 e. The second-order valence-corrected chi connectivity index (χ2v) is 9.77. The van der Waals surface area contributed by atoms with Crippen LogP contribution in [-0.2, 0) is 9.47 Å². The first-order valence-electron chi connectivity index (χ1n) is 12.5. The molecule has 0 unspecified atom stereocenters. The molecule has 1 aliphatic carbocycles. The van der Waals surface area contributed by atoms with Gasteiger partial charge < -0.3 is 14.2 Å². The first-order valence-corrected chi connectivity index (χ1v) is 12.5. The molecule has 0 aromatic heterocycles. The standard InChI is InChI=1S/C27H29F7O3/c1-2-3-15-13-35-25(36-14-15)17-6-4-16(5-7-17)18-8-9-20(21(28)10-18)19-11-22(29)24(23(30)12-19)37-27(33,34)26(31)32/h8-12,15-17,25-26H,2-7,13-14H2,1H3. The molecule has 0 atom stereocenters. The zero-order valence-corrected chi connectivity index (χ0v) is 20.3. The Kier molecular flexibility index (Phi) is 8.68. The summed E-state index contributed by atoms with van der Waals surface area (Å²) in [6.45, 7) is 3.54. The van der Waals surface area contributed by atoms with E-state index in [9.17, 15) is 30.7 Å². The van der Waals surface area contributed by atoms with E-state index in [2.05, 4.69) is 11.7 Å². The van der Waals surface area contributed by atoms with Crippen molar-refractivity contribution in [2.45, 2.75) is 70.2 Å². The largest absolute Gasteiger partial charge is 0.461 e. The van der Waals surface area contributed by atoms with Crippen LogP contribution in [0, 0.1) is 29.3 Å². The first-order chi connectivity index (χ1) is 17.6. The van der Waals surface area contributed by atoms with Gasteiger partial charge in [-0.3, -0.25) is 0 Å². The fraction of sp³-hybridized carbons (Fsp3) is 0.556. The molecule has 1 aliphatic heterocycles. The van der Waals surface area contributed by atoms with Crippen LogP contribution in [0.1, 0.15) is 56.9 Å². The molecule has 10 heteroatoms. The van der Waals surface area contributed by atoms with Crippen molar-refractivity contribution in [1.82, 2.24) is 0 Å². The van der Waals surface area contributed by atoms with E-state index in [1.54, 1.807) is 6.07 Å². The van der Waals surface area contributed by atoms with Gasteiger partial charge in [0.15, 0.2) is 23.7 Å². The van der Waals surface area contributed by atoms with Crippen LogP contribution in [0.2, 0.25) is 0 Å². The van der Waals surface area contributed by atoms with Crippen LogP contribution in [0.4, 0.5) is 30.7 Å². The van der Waals surface area contributed by atoms with Gasteiger partial charge in [-0.1, -0.05) is 25.5 Å². The van der Waals surface area contributed by atoms with Crippen molar-refractivity contribution in [1.29, 1.82) is 0 Å². The lowest BCUT2D eigenvalue weighted by atomic mass is 9.78. The molecule has 3 nitrogen and oxygen atoms in total. The molecule has 1 saturated carbocycles. The molecule has 4 rings (SSSR count). The van der Waals surface area contributed by atoms with Gasteiger partial charge in [0.2, 0.25) is 0 Å². The van der Waals surface area contributed by atoms with E-state index in [1.807, 2.05) is 0 Å². The van der Waals surface area contributed by atoms with E-state index in [0.717, 1.165) is 44.1 Å². The van der Waals surface area contributed by atoms with Gasteiger partial charge >= 0.3 is 12.5 Å². The van der Waals surface area contributed by atoms with E-state index >= 15 is 0 Å². The van der Waals surface area contributed by atoms with Gasteiger partial charge in [-0.05, 0) is 67.3 Å². The Labute approximate surface area is 210 Å². The van der Waals surface area contributed by atoms with Crippen molar-refractivity contribution in [2.24, 2.45) is 11.8 Å². The zero-order valence-electron chi connectivity index (χ0n) is 20.3. The molecule has 2 aromatic rings. The summed E-state index contributed by atoms with van der Waals surface area (Å²) >= 11 is 0. The molecule has 2 aliphatic rings. The van der Waals surface area contributed by atoms with Gasteiger partial charge in [-0.2, -0.15) is 17.6 Å². The summed E-state index contributed by atoms with van der Waals surface area (Å²) in [5.74, 6) is -4.90. The molecular weight excluding hydrogens is 505 g/mol. The molecule has 0 radical (unpaired) electrons. The van der Waals surface area contributed by atoms with Crippen molar-refractivity contribution in [3.63, 3.8) is 0 Å². The first kappa shape index (κ1) is 27.7. The van der Waals surface area contributed by atoms with Crippen molar-refractivity contribution >= 4 is 0 Å². The van der Waals surface area contributed by atoms with Gasteiger partial charge in [-0.25, -0.2) is 13.2 Å². The second kappa shape index (κ2) is 11.6. The Hall–Kier alpha value is -2.33. The molecule has 2 aromatic carbocycles. The third kappa shape index (κ3) is 6.39. The van der Waals surface area contributed by atoms with Crippen molar-refractivity contribution in [3.05, 3.63) is 53.3 Å². The second-order valence-electron chi connectivity index (χ2n) is 9.77. The fourth-order valence-corrected chi connectivity index (χ4v) is 5.14. The number of rotatable bonds is 8. The molecule has 1 heterocycles. The minimum atomic E-state index is -5.08. The minimum absolute atomic E-state index is 0.0945. The number of ether oxygens (including phenoxy) is 3. The Bertz CT molecular complexity index is 1040. The van der Waals surface area contributed by atoms with Crippen molar-refractivity contribution in [3.8, 4) is 16.9 Å². The van der Waals surface area contributed by atoms with E-state index in [0.29, 0.717) is 31.3 Å². The molecule has 204 valence electrons. The average molecular weight is 535 g/mol. The summed E-state index contributed by atoms with van der Waals surface area (Å²) < 4.78 is 110. The molecule has 2 fully saturated rings. The normalized spacial score (nSPS) is 24.9. The van der Waals surface area contributed by atoms with E-state index < -0.39 is 35.7 Å². The van der Waals surface area contributed by atoms with E-state index in [-0.39, 0.29) is 29.3 Å². The lowest BCUT2D eigenvalue weighted by molar-refractivity contribution is -0.255. The van der Waals surface area contributed by atoms with Crippen molar-refractivity contribution < 1.29 is 44.9 Å². The lowest BCUT2D eigenvalue weighted by Gasteiger charge is -2.37. The number of benzene rings is 2. The highest BCUT2D eigenvalue weighted by molar-refractivity contribution is 5.66. The Morgan fingerprint density at radius 3 is 2.08 bits per heavy atom.